The molecule has 35 heavy (non-hydrogen) atoms. The Hall–Kier alpha value is -2.82. The Morgan fingerprint density at radius 3 is 2.69 bits per heavy atom. The maximum absolute atomic E-state index is 13.5. The van der Waals surface area contributed by atoms with E-state index in [1.165, 1.54) is 6.20 Å². The zero-order valence-corrected chi connectivity index (χ0v) is 21.3. The van der Waals surface area contributed by atoms with E-state index in [4.69, 9.17) is 21.1 Å². The number of phenolic OH excluding ortho intramolecular Hbond substituents is 1. The van der Waals surface area contributed by atoms with Gasteiger partial charge in [-0.25, -0.2) is 9.37 Å². The molecule has 1 aromatic heterocycles. The van der Waals surface area contributed by atoms with Gasteiger partial charge in [0, 0.05) is 25.2 Å². The molecule has 1 saturated heterocycles. The summed E-state index contributed by atoms with van der Waals surface area (Å²) in [4.78, 5) is 19.6. The number of phenols is 1. The summed E-state index contributed by atoms with van der Waals surface area (Å²) in [6.45, 7) is 3.91. The van der Waals surface area contributed by atoms with Gasteiger partial charge in [-0.1, -0.05) is 11.6 Å². The molecule has 0 saturated carbocycles. The number of piperidine rings is 1. The van der Waals surface area contributed by atoms with Gasteiger partial charge in [0.25, 0.3) is 5.91 Å². The third-order valence-corrected chi connectivity index (χ3v) is 6.08. The number of hydrogen-bond acceptors (Lipinski definition) is 8. The Kier molecular flexibility index (Phi) is 8.98. The van der Waals surface area contributed by atoms with Crippen LogP contribution in [-0.2, 0) is 9.53 Å². The standard InChI is InChI=1S/C24H28ClFN4O4S/c1-14(2)21(15-4-6-16(31)7-5-15)34-23(27-3)19-8-9-24(35,13-29-19)30-20(32)12-33-17-10-18(26)22(25)28-11-17/h4-7,10-11,19,29,31,35H,8-9,12-13H2,1-3H3,(H,30,32)/t19-,24-/m1/s1. The molecule has 1 aromatic carbocycles. The van der Waals surface area contributed by atoms with Crippen molar-refractivity contribution in [2.75, 3.05) is 20.2 Å². The maximum atomic E-state index is 13.5. The number of rotatable bonds is 7. The topological polar surface area (TPSA) is 105 Å². The van der Waals surface area contributed by atoms with Gasteiger partial charge >= 0.3 is 0 Å². The molecule has 1 amide bonds. The van der Waals surface area contributed by atoms with Crippen LogP contribution in [0.25, 0.3) is 5.76 Å². The Labute approximate surface area is 214 Å². The molecule has 0 bridgehead atoms. The fraction of sp³-hybridized carbons (Fsp3) is 0.375. The number of aromatic hydroxyl groups is 1. The number of aromatic nitrogens is 1. The van der Waals surface area contributed by atoms with Crippen LogP contribution in [-0.4, -0.2) is 53.0 Å². The van der Waals surface area contributed by atoms with Crippen LogP contribution < -0.4 is 15.4 Å². The molecule has 0 unspecified atom stereocenters. The summed E-state index contributed by atoms with van der Waals surface area (Å²) in [6, 6.07) is 7.66. The van der Waals surface area contributed by atoms with Crippen molar-refractivity contribution in [3.05, 3.63) is 58.6 Å². The highest BCUT2D eigenvalue weighted by molar-refractivity contribution is 7.81. The monoisotopic (exact) mass is 522 g/mol. The van der Waals surface area contributed by atoms with E-state index in [-0.39, 0.29) is 29.3 Å². The lowest BCUT2D eigenvalue weighted by Gasteiger charge is -2.38. The molecular formula is C24H28ClFN4O4S. The summed E-state index contributed by atoms with van der Waals surface area (Å²) >= 11 is 10.2. The minimum absolute atomic E-state index is 0.0988. The number of pyridine rings is 1. The fourth-order valence-electron chi connectivity index (χ4n) is 3.55. The van der Waals surface area contributed by atoms with Crippen LogP contribution in [0.5, 0.6) is 11.5 Å². The summed E-state index contributed by atoms with van der Waals surface area (Å²) in [7, 11) is 1.66. The van der Waals surface area contributed by atoms with E-state index in [1.54, 1.807) is 31.3 Å². The highest BCUT2D eigenvalue weighted by Gasteiger charge is 2.36. The van der Waals surface area contributed by atoms with Crippen LogP contribution >= 0.6 is 24.2 Å². The van der Waals surface area contributed by atoms with Gasteiger partial charge in [0.2, 0.25) is 5.90 Å². The van der Waals surface area contributed by atoms with Gasteiger partial charge in [-0.2, -0.15) is 12.6 Å². The highest BCUT2D eigenvalue weighted by atomic mass is 35.5. The van der Waals surface area contributed by atoms with E-state index < -0.39 is 16.6 Å². The van der Waals surface area contributed by atoms with Gasteiger partial charge in [-0.3, -0.25) is 9.79 Å². The smallest absolute Gasteiger partial charge is 0.259 e. The molecule has 2 aromatic rings. The molecule has 2 heterocycles. The SMILES string of the molecule is CN=C(OC(=C(C)C)c1ccc(O)cc1)[C@H]1CC[C@](S)(NC(=O)COc2cnc(Cl)c(F)c2)CN1. The highest BCUT2D eigenvalue weighted by Crippen LogP contribution is 2.27. The van der Waals surface area contributed by atoms with E-state index in [0.717, 1.165) is 17.2 Å². The maximum Gasteiger partial charge on any atom is 0.259 e. The number of benzene rings is 1. The quantitative estimate of drug-likeness (QED) is 0.110. The minimum atomic E-state index is -0.810. The van der Waals surface area contributed by atoms with Crippen LogP contribution in [0, 0.1) is 5.82 Å². The first kappa shape index (κ1) is 26.8. The molecule has 0 spiro atoms. The minimum Gasteiger partial charge on any atom is -0.508 e. The number of carbonyl (C=O) groups is 1. The number of nitrogens with zero attached hydrogens (tertiary/aromatic N) is 2. The molecule has 0 aliphatic carbocycles. The number of ether oxygens (including phenoxy) is 2. The number of nitrogens with one attached hydrogen (secondary N) is 2. The summed E-state index contributed by atoms with van der Waals surface area (Å²) < 4.78 is 25.0. The lowest BCUT2D eigenvalue weighted by atomic mass is 9.99. The summed E-state index contributed by atoms with van der Waals surface area (Å²) in [5.74, 6) is 0.312. The van der Waals surface area contributed by atoms with Crippen LogP contribution in [0.4, 0.5) is 4.39 Å². The van der Waals surface area contributed by atoms with Crippen molar-refractivity contribution >= 4 is 41.8 Å². The number of halogens is 2. The van der Waals surface area contributed by atoms with Crippen molar-refractivity contribution in [1.82, 2.24) is 15.6 Å². The molecule has 2 atom stereocenters. The van der Waals surface area contributed by atoms with Crippen molar-refractivity contribution < 1.29 is 23.8 Å². The first-order valence-corrected chi connectivity index (χ1v) is 11.7. The molecule has 11 heteroatoms. The first-order valence-electron chi connectivity index (χ1n) is 10.9. The number of carbonyl (C=O) groups excluding carboxylic acids is 1. The predicted octanol–water partition coefficient (Wildman–Crippen LogP) is 3.95. The lowest BCUT2D eigenvalue weighted by molar-refractivity contribution is -0.124. The van der Waals surface area contributed by atoms with Crippen LogP contribution in [0.15, 0.2) is 47.1 Å². The molecule has 8 nitrogen and oxygen atoms in total. The molecule has 3 rings (SSSR count). The molecule has 0 radical (unpaired) electrons. The predicted molar refractivity (Wildman–Crippen MR) is 136 cm³/mol. The van der Waals surface area contributed by atoms with E-state index in [1.807, 2.05) is 13.8 Å². The first-order chi connectivity index (χ1) is 16.6. The molecular weight excluding hydrogens is 495 g/mol. The fourth-order valence-corrected chi connectivity index (χ4v) is 4.00. The van der Waals surface area contributed by atoms with Crippen molar-refractivity contribution in [1.29, 1.82) is 0 Å². The molecule has 188 valence electrons. The lowest BCUT2D eigenvalue weighted by Crippen LogP contribution is -2.59. The normalized spacial score (nSPS) is 20.2. The van der Waals surface area contributed by atoms with Gasteiger partial charge in [0.1, 0.15) is 17.3 Å². The average molecular weight is 523 g/mol. The number of thiol groups is 1. The Morgan fingerprint density at radius 1 is 1.40 bits per heavy atom. The number of allylic oxidation sites excluding steroid dienone is 1. The second-order valence-electron chi connectivity index (χ2n) is 8.32. The molecule has 1 aliphatic rings. The van der Waals surface area contributed by atoms with Gasteiger partial charge in [0.15, 0.2) is 17.6 Å². The molecule has 1 fully saturated rings. The van der Waals surface area contributed by atoms with Crippen molar-refractivity contribution in [3.8, 4) is 11.5 Å². The number of aliphatic imine (C=N–C) groups is 1. The zero-order valence-electron chi connectivity index (χ0n) is 19.6. The van der Waals surface area contributed by atoms with E-state index in [2.05, 4.69) is 33.2 Å². The third-order valence-electron chi connectivity index (χ3n) is 5.31. The van der Waals surface area contributed by atoms with E-state index in [0.29, 0.717) is 31.0 Å². The van der Waals surface area contributed by atoms with Crippen molar-refractivity contribution in [3.63, 3.8) is 0 Å². The number of hydrogen-bond donors (Lipinski definition) is 4. The van der Waals surface area contributed by atoms with Crippen molar-refractivity contribution in [2.24, 2.45) is 4.99 Å². The average Bonchev–Trinajstić information content (AvgIpc) is 2.82. The molecule has 3 N–H and O–H groups in total. The summed E-state index contributed by atoms with van der Waals surface area (Å²) in [6.07, 6.45) is 2.39. The van der Waals surface area contributed by atoms with Gasteiger partial charge in [0.05, 0.1) is 17.1 Å². The van der Waals surface area contributed by atoms with E-state index in [9.17, 15) is 14.3 Å². The van der Waals surface area contributed by atoms with Crippen molar-refractivity contribution in [2.45, 2.75) is 37.6 Å². The van der Waals surface area contributed by atoms with E-state index >= 15 is 0 Å². The zero-order chi connectivity index (χ0) is 25.6. The largest absolute Gasteiger partial charge is 0.508 e. The van der Waals surface area contributed by atoms with Gasteiger partial charge < -0.3 is 25.2 Å². The second kappa shape index (κ2) is 11.7. The van der Waals surface area contributed by atoms with Crippen LogP contribution in [0.2, 0.25) is 5.15 Å². The Balaban J connectivity index is 1.55. The Bertz CT molecular complexity index is 1120. The van der Waals surface area contributed by atoms with Crippen LogP contribution in [0.1, 0.15) is 32.3 Å². The Morgan fingerprint density at radius 2 is 2.11 bits per heavy atom. The third kappa shape index (κ3) is 7.33. The summed E-state index contributed by atoms with van der Waals surface area (Å²) in [5.41, 5.74) is 1.78. The van der Waals surface area contributed by atoms with Crippen LogP contribution in [0.3, 0.4) is 0 Å². The van der Waals surface area contributed by atoms with Gasteiger partial charge in [-0.05, 0) is 56.5 Å². The summed E-state index contributed by atoms with van der Waals surface area (Å²) in [5, 5.41) is 15.5. The number of amides is 1. The molecule has 1 aliphatic heterocycles. The second-order valence-corrected chi connectivity index (χ2v) is 9.54. The van der Waals surface area contributed by atoms with Gasteiger partial charge in [-0.15, -0.1) is 0 Å².